The number of amides is 1. The fourth-order valence-electron chi connectivity index (χ4n) is 2.80. The van der Waals surface area contributed by atoms with E-state index < -0.39 is 12.5 Å². The van der Waals surface area contributed by atoms with E-state index >= 15 is 0 Å². The van der Waals surface area contributed by atoms with Gasteiger partial charge in [0.25, 0.3) is 0 Å². The van der Waals surface area contributed by atoms with Gasteiger partial charge in [0.05, 0.1) is 28.4 Å². The molecule has 0 aromatic heterocycles. The third-order valence-electron chi connectivity index (χ3n) is 4.19. The van der Waals surface area contributed by atoms with Gasteiger partial charge in [-0.2, -0.15) is 0 Å². The van der Waals surface area contributed by atoms with Crippen molar-refractivity contribution in [1.29, 1.82) is 0 Å². The van der Waals surface area contributed by atoms with Crippen LogP contribution in [0.2, 0.25) is 5.02 Å². The van der Waals surface area contributed by atoms with Crippen LogP contribution in [0.1, 0.15) is 11.1 Å². The summed E-state index contributed by atoms with van der Waals surface area (Å²) in [5, 5.41) is 15.3. The Kier molecular flexibility index (Phi) is 6.82. The number of thiocarbonyl (C=S) groups is 1. The highest BCUT2D eigenvalue weighted by Crippen LogP contribution is 2.31. The van der Waals surface area contributed by atoms with Crippen molar-refractivity contribution in [3.63, 3.8) is 0 Å². The number of carbonyl (C=O) groups excluding carboxylic acids is 1. The van der Waals surface area contributed by atoms with Crippen molar-refractivity contribution in [2.75, 3.05) is 24.4 Å². The van der Waals surface area contributed by atoms with Gasteiger partial charge in [-0.3, -0.25) is 4.79 Å². The summed E-state index contributed by atoms with van der Waals surface area (Å²) in [5.74, 6) is 0.194. The highest BCUT2D eigenvalue weighted by molar-refractivity contribution is 7.81. The summed E-state index contributed by atoms with van der Waals surface area (Å²) in [5.41, 5.74) is 3.47. The molecule has 0 atom stereocenters. The highest BCUT2D eigenvalue weighted by Gasteiger charge is 2.14. The standard InChI is InChI=1S/C22H19ClN2O3S/c1-28-20-9-5-2-6-16(20)22(29)15-11-10-14(12-17(15)23)24-18-7-3-4-8-19(18)25-21(27)13-26/h2-12,24,26H,13H2,1H3,(H,25,27). The van der Waals surface area contributed by atoms with Gasteiger partial charge < -0.3 is 20.5 Å². The first kappa shape index (κ1) is 20.8. The molecule has 148 valence electrons. The minimum absolute atomic E-state index is 0.489. The zero-order valence-electron chi connectivity index (χ0n) is 15.6. The van der Waals surface area contributed by atoms with E-state index in [0.29, 0.717) is 27.0 Å². The van der Waals surface area contributed by atoms with Crippen LogP contribution in [0.4, 0.5) is 17.1 Å². The van der Waals surface area contributed by atoms with Crippen molar-refractivity contribution in [1.82, 2.24) is 0 Å². The molecule has 7 heteroatoms. The topological polar surface area (TPSA) is 70.6 Å². The van der Waals surface area contributed by atoms with Crippen LogP contribution in [-0.2, 0) is 4.79 Å². The maximum atomic E-state index is 11.5. The third kappa shape index (κ3) is 4.92. The van der Waals surface area contributed by atoms with E-state index in [4.69, 9.17) is 33.7 Å². The second-order valence-corrected chi connectivity index (χ2v) is 6.92. The summed E-state index contributed by atoms with van der Waals surface area (Å²) < 4.78 is 5.39. The molecule has 0 fully saturated rings. The largest absolute Gasteiger partial charge is 0.496 e. The number of nitrogens with one attached hydrogen (secondary N) is 2. The molecule has 0 aliphatic rings. The van der Waals surface area contributed by atoms with Crippen molar-refractivity contribution in [3.05, 3.63) is 82.9 Å². The molecule has 3 N–H and O–H groups in total. The molecular weight excluding hydrogens is 408 g/mol. The van der Waals surface area contributed by atoms with E-state index in [1.807, 2.05) is 48.5 Å². The molecule has 29 heavy (non-hydrogen) atoms. The molecule has 3 rings (SSSR count). The van der Waals surface area contributed by atoms with Gasteiger partial charge in [-0.15, -0.1) is 0 Å². The van der Waals surface area contributed by atoms with Crippen LogP contribution in [0.15, 0.2) is 66.7 Å². The number of aliphatic hydroxyl groups excluding tert-OH is 1. The Morgan fingerprint density at radius 2 is 1.72 bits per heavy atom. The summed E-state index contributed by atoms with van der Waals surface area (Å²) in [4.78, 5) is 12.1. The number of methoxy groups -OCH3 is 1. The van der Waals surface area contributed by atoms with Gasteiger partial charge in [-0.25, -0.2) is 0 Å². The van der Waals surface area contributed by atoms with Crippen LogP contribution in [0.25, 0.3) is 0 Å². The number of benzene rings is 3. The highest BCUT2D eigenvalue weighted by atomic mass is 35.5. The number of aliphatic hydroxyl groups is 1. The van der Waals surface area contributed by atoms with Crippen LogP contribution >= 0.6 is 23.8 Å². The Morgan fingerprint density at radius 1 is 1.03 bits per heavy atom. The summed E-state index contributed by atoms with van der Waals surface area (Å²) in [6.45, 7) is -0.588. The molecule has 3 aromatic rings. The van der Waals surface area contributed by atoms with E-state index in [1.54, 1.807) is 25.3 Å². The second kappa shape index (κ2) is 9.52. The van der Waals surface area contributed by atoms with Gasteiger partial charge in [0, 0.05) is 16.8 Å². The maximum absolute atomic E-state index is 11.5. The molecule has 0 heterocycles. The van der Waals surface area contributed by atoms with Gasteiger partial charge in [-0.05, 0) is 42.5 Å². The van der Waals surface area contributed by atoms with Crippen molar-refractivity contribution in [2.24, 2.45) is 0 Å². The Labute approximate surface area is 179 Å². The van der Waals surface area contributed by atoms with Crippen molar-refractivity contribution >= 4 is 51.7 Å². The molecule has 1 amide bonds. The zero-order chi connectivity index (χ0) is 20.8. The SMILES string of the molecule is COc1ccccc1C(=S)c1ccc(Nc2ccccc2NC(=O)CO)cc1Cl. The van der Waals surface area contributed by atoms with Gasteiger partial charge in [-0.1, -0.05) is 48.1 Å². The lowest BCUT2D eigenvalue weighted by molar-refractivity contribution is -0.118. The third-order valence-corrected chi connectivity index (χ3v) is 4.94. The van der Waals surface area contributed by atoms with Crippen LogP contribution in [0.5, 0.6) is 5.75 Å². The molecule has 0 aliphatic carbocycles. The van der Waals surface area contributed by atoms with Crippen LogP contribution in [0.3, 0.4) is 0 Å². The van der Waals surface area contributed by atoms with E-state index in [1.165, 1.54) is 0 Å². The number of ether oxygens (including phenoxy) is 1. The van der Waals surface area contributed by atoms with Gasteiger partial charge in [0.2, 0.25) is 5.91 Å². The Morgan fingerprint density at radius 3 is 2.41 bits per heavy atom. The monoisotopic (exact) mass is 426 g/mol. The summed E-state index contributed by atoms with van der Waals surface area (Å²) in [6, 6.07) is 20.2. The molecule has 5 nitrogen and oxygen atoms in total. The average molecular weight is 427 g/mol. The average Bonchev–Trinajstić information content (AvgIpc) is 2.74. The molecule has 0 aliphatic heterocycles. The van der Waals surface area contributed by atoms with Crippen molar-refractivity contribution in [3.8, 4) is 5.75 Å². The predicted octanol–water partition coefficient (Wildman–Crippen LogP) is 4.79. The first-order valence-electron chi connectivity index (χ1n) is 8.77. The molecule has 0 bridgehead atoms. The maximum Gasteiger partial charge on any atom is 0.250 e. The van der Waals surface area contributed by atoms with Crippen molar-refractivity contribution < 1.29 is 14.6 Å². The van der Waals surface area contributed by atoms with Crippen LogP contribution in [0, 0.1) is 0 Å². The quantitative estimate of drug-likeness (QED) is 0.374. The Bertz CT molecular complexity index is 1060. The number of halogens is 1. The Hall–Kier alpha value is -2.93. The van der Waals surface area contributed by atoms with Crippen molar-refractivity contribution in [2.45, 2.75) is 0 Å². The molecular formula is C22H19ClN2O3S. The van der Waals surface area contributed by atoms with E-state index in [0.717, 1.165) is 16.8 Å². The molecule has 0 saturated carbocycles. The predicted molar refractivity (Wildman–Crippen MR) is 121 cm³/mol. The van der Waals surface area contributed by atoms with E-state index in [2.05, 4.69) is 10.6 Å². The number of rotatable bonds is 7. The molecule has 0 spiro atoms. The first-order chi connectivity index (χ1) is 14.0. The van der Waals surface area contributed by atoms with Gasteiger partial charge >= 0.3 is 0 Å². The molecule has 0 unspecified atom stereocenters. The van der Waals surface area contributed by atoms with Gasteiger partial charge in [0.15, 0.2) is 0 Å². The number of carbonyl (C=O) groups is 1. The normalized spacial score (nSPS) is 10.3. The molecule has 3 aromatic carbocycles. The molecule has 0 saturated heterocycles. The first-order valence-corrected chi connectivity index (χ1v) is 9.56. The lowest BCUT2D eigenvalue weighted by Crippen LogP contribution is -2.16. The van der Waals surface area contributed by atoms with Crippen LogP contribution in [-0.4, -0.2) is 29.6 Å². The van der Waals surface area contributed by atoms with E-state index in [9.17, 15) is 4.79 Å². The summed E-state index contributed by atoms with van der Waals surface area (Å²) >= 11 is 12.1. The summed E-state index contributed by atoms with van der Waals surface area (Å²) in [7, 11) is 1.60. The fraction of sp³-hybridized carbons (Fsp3) is 0.0909. The second-order valence-electron chi connectivity index (χ2n) is 6.10. The smallest absolute Gasteiger partial charge is 0.250 e. The fourth-order valence-corrected chi connectivity index (χ4v) is 3.48. The summed E-state index contributed by atoms with van der Waals surface area (Å²) in [6.07, 6.45) is 0. The lowest BCUT2D eigenvalue weighted by Gasteiger charge is -2.15. The van der Waals surface area contributed by atoms with E-state index in [-0.39, 0.29) is 0 Å². The number of hydrogen-bond acceptors (Lipinski definition) is 5. The number of hydrogen-bond donors (Lipinski definition) is 3. The minimum Gasteiger partial charge on any atom is -0.496 e. The molecule has 0 radical (unpaired) electrons. The Balaban J connectivity index is 1.86. The minimum atomic E-state index is -0.588. The lowest BCUT2D eigenvalue weighted by atomic mass is 10.0. The van der Waals surface area contributed by atoms with Crippen LogP contribution < -0.4 is 15.4 Å². The van der Waals surface area contributed by atoms with Gasteiger partial charge in [0.1, 0.15) is 12.4 Å². The number of para-hydroxylation sites is 3. The number of anilines is 3. The zero-order valence-corrected chi connectivity index (χ0v) is 17.2.